The van der Waals surface area contributed by atoms with Gasteiger partial charge >= 0.3 is 0 Å². The Bertz CT molecular complexity index is 967. The molecule has 0 unspecified atom stereocenters. The lowest BCUT2D eigenvalue weighted by atomic mass is 10.1. The van der Waals surface area contributed by atoms with E-state index in [4.69, 9.17) is 0 Å². The molecule has 0 aliphatic rings. The van der Waals surface area contributed by atoms with Gasteiger partial charge in [0, 0.05) is 29.2 Å². The number of benzene rings is 1. The molecule has 0 fully saturated rings. The van der Waals surface area contributed by atoms with E-state index in [1.165, 1.54) is 23.7 Å². The van der Waals surface area contributed by atoms with Gasteiger partial charge in [0.25, 0.3) is 11.5 Å². The minimum atomic E-state index is -0.392. The van der Waals surface area contributed by atoms with E-state index in [9.17, 15) is 14.4 Å². The van der Waals surface area contributed by atoms with Gasteiger partial charge in [0.1, 0.15) is 5.56 Å². The van der Waals surface area contributed by atoms with Gasteiger partial charge in [-0.15, -0.1) is 0 Å². The predicted molar refractivity (Wildman–Crippen MR) is 84.9 cm³/mol. The Hall–Kier alpha value is -3.22. The molecule has 116 valence electrons. The Labute approximate surface area is 131 Å². The van der Waals surface area contributed by atoms with Gasteiger partial charge in [-0.3, -0.25) is 19.5 Å². The number of amides is 1. The van der Waals surface area contributed by atoms with Crippen LogP contribution >= 0.6 is 0 Å². The zero-order valence-corrected chi connectivity index (χ0v) is 12.6. The summed E-state index contributed by atoms with van der Waals surface area (Å²) >= 11 is 0. The second-order valence-electron chi connectivity index (χ2n) is 5.17. The summed E-state index contributed by atoms with van der Waals surface area (Å²) in [4.78, 5) is 39.7. The fourth-order valence-corrected chi connectivity index (χ4v) is 2.25. The second-order valence-corrected chi connectivity index (χ2v) is 5.17. The number of carbonyl (C=O) groups is 2. The highest BCUT2D eigenvalue weighted by Crippen LogP contribution is 2.13. The molecule has 0 aliphatic carbocycles. The Kier molecular flexibility index (Phi) is 3.53. The molecule has 23 heavy (non-hydrogen) atoms. The average molecular weight is 310 g/mol. The van der Waals surface area contributed by atoms with Crippen molar-refractivity contribution in [3.8, 4) is 0 Å². The first-order valence-electron chi connectivity index (χ1n) is 6.96. The van der Waals surface area contributed by atoms with Gasteiger partial charge in [0.05, 0.1) is 0 Å². The molecule has 7 nitrogen and oxygen atoms in total. The molecule has 0 radical (unpaired) electrons. The normalized spacial score (nSPS) is 10.7. The van der Waals surface area contributed by atoms with Gasteiger partial charge in [-0.1, -0.05) is 0 Å². The van der Waals surface area contributed by atoms with E-state index in [1.54, 1.807) is 31.2 Å². The molecule has 1 aromatic carbocycles. The van der Waals surface area contributed by atoms with Crippen molar-refractivity contribution in [1.82, 2.24) is 14.6 Å². The number of hydrogen-bond donors (Lipinski definition) is 2. The fraction of sp³-hybridized carbons (Fsp3) is 0.125. The second kappa shape index (κ2) is 5.53. The molecule has 3 rings (SSSR count). The monoisotopic (exact) mass is 310 g/mol. The lowest BCUT2D eigenvalue weighted by Crippen LogP contribution is -2.17. The van der Waals surface area contributed by atoms with Crippen molar-refractivity contribution in [2.45, 2.75) is 13.8 Å². The molecule has 3 aromatic rings. The maximum Gasteiger partial charge on any atom is 0.272 e. The minimum Gasteiger partial charge on any atom is -0.322 e. The van der Waals surface area contributed by atoms with Crippen molar-refractivity contribution in [2.75, 3.05) is 5.32 Å². The van der Waals surface area contributed by atoms with E-state index in [1.807, 2.05) is 0 Å². The van der Waals surface area contributed by atoms with Crippen LogP contribution in [0.1, 0.15) is 33.3 Å². The summed E-state index contributed by atoms with van der Waals surface area (Å²) in [5.74, 6) is -0.435. The number of hydrogen-bond acceptors (Lipinski definition) is 4. The number of aromatic nitrogens is 3. The Morgan fingerprint density at radius 2 is 1.91 bits per heavy atom. The maximum atomic E-state index is 12.4. The SMILES string of the molecule is CC(=O)c1ccc(NC(=O)c2c[nH]n3c(=O)cc(C)nc23)cc1. The first-order chi connectivity index (χ1) is 11.0. The van der Waals surface area contributed by atoms with Gasteiger partial charge in [0.2, 0.25) is 0 Å². The van der Waals surface area contributed by atoms with Crippen molar-refractivity contribution < 1.29 is 9.59 Å². The Morgan fingerprint density at radius 1 is 1.22 bits per heavy atom. The zero-order valence-electron chi connectivity index (χ0n) is 12.6. The number of ketones is 1. The fourth-order valence-electron chi connectivity index (χ4n) is 2.25. The number of carbonyl (C=O) groups excluding carboxylic acids is 2. The van der Waals surface area contributed by atoms with Gasteiger partial charge in [0.15, 0.2) is 11.4 Å². The maximum absolute atomic E-state index is 12.4. The molecule has 1 amide bonds. The van der Waals surface area contributed by atoms with E-state index >= 15 is 0 Å². The van der Waals surface area contributed by atoms with Crippen molar-refractivity contribution in [1.29, 1.82) is 0 Å². The van der Waals surface area contributed by atoms with Crippen LogP contribution in [0.2, 0.25) is 0 Å². The quantitative estimate of drug-likeness (QED) is 0.721. The summed E-state index contributed by atoms with van der Waals surface area (Å²) in [7, 11) is 0. The average Bonchev–Trinajstić information content (AvgIpc) is 2.91. The summed E-state index contributed by atoms with van der Waals surface area (Å²) in [6, 6.07) is 7.95. The van der Waals surface area contributed by atoms with Crippen molar-refractivity contribution in [2.24, 2.45) is 0 Å². The molecule has 0 saturated carbocycles. The Morgan fingerprint density at radius 3 is 2.57 bits per heavy atom. The molecule has 2 heterocycles. The number of H-pyrrole nitrogens is 1. The minimum absolute atomic E-state index is 0.0430. The van der Waals surface area contributed by atoms with Crippen LogP contribution in [-0.2, 0) is 0 Å². The van der Waals surface area contributed by atoms with E-state index in [-0.39, 0.29) is 22.6 Å². The molecular formula is C16H14N4O3. The number of anilines is 1. The standard InChI is InChI=1S/C16H14N4O3/c1-9-7-14(22)20-15(18-9)13(8-17-20)16(23)19-12-5-3-11(4-6-12)10(2)21/h3-8,17H,1-2H3,(H,19,23). The van der Waals surface area contributed by atoms with Crippen LogP contribution in [0.4, 0.5) is 5.69 Å². The van der Waals surface area contributed by atoms with E-state index in [0.717, 1.165) is 0 Å². The van der Waals surface area contributed by atoms with Gasteiger partial charge in [-0.25, -0.2) is 9.50 Å². The summed E-state index contributed by atoms with van der Waals surface area (Å²) in [6.07, 6.45) is 1.43. The summed E-state index contributed by atoms with van der Waals surface area (Å²) in [5, 5.41) is 5.43. The molecule has 0 bridgehead atoms. The van der Waals surface area contributed by atoms with Gasteiger partial charge in [-0.05, 0) is 38.1 Å². The third kappa shape index (κ3) is 2.76. The lowest BCUT2D eigenvalue weighted by molar-refractivity contribution is 0.101. The largest absolute Gasteiger partial charge is 0.322 e. The lowest BCUT2D eigenvalue weighted by Gasteiger charge is -2.05. The molecule has 0 spiro atoms. The number of aromatic amines is 1. The van der Waals surface area contributed by atoms with E-state index < -0.39 is 5.91 Å². The van der Waals surface area contributed by atoms with E-state index in [0.29, 0.717) is 16.9 Å². The third-order valence-corrected chi connectivity index (χ3v) is 3.42. The first kappa shape index (κ1) is 14.7. The van der Waals surface area contributed by atoms with Crippen molar-refractivity contribution >= 4 is 23.0 Å². The number of nitrogens with one attached hydrogen (secondary N) is 2. The van der Waals surface area contributed by atoms with Crippen LogP contribution in [0.3, 0.4) is 0 Å². The molecule has 0 aliphatic heterocycles. The molecule has 2 aromatic heterocycles. The first-order valence-corrected chi connectivity index (χ1v) is 6.96. The number of aryl methyl sites for hydroxylation is 1. The van der Waals surface area contributed by atoms with Crippen molar-refractivity contribution in [3.05, 3.63) is 63.7 Å². The van der Waals surface area contributed by atoms with Crippen LogP contribution in [0.15, 0.2) is 41.3 Å². The molecule has 7 heteroatoms. The van der Waals surface area contributed by atoms with Crippen LogP contribution < -0.4 is 10.9 Å². The number of rotatable bonds is 3. The van der Waals surface area contributed by atoms with Crippen molar-refractivity contribution in [3.63, 3.8) is 0 Å². The summed E-state index contributed by atoms with van der Waals surface area (Å²) in [5.41, 5.74) is 1.91. The highest BCUT2D eigenvalue weighted by molar-refractivity contribution is 6.08. The Balaban J connectivity index is 1.92. The highest BCUT2D eigenvalue weighted by Gasteiger charge is 2.15. The zero-order chi connectivity index (χ0) is 16.6. The third-order valence-electron chi connectivity index (χ3n) is 3.42. The van der Waals surface area contributed by atoms with Crippen LogP contribution in [0.25, 0.3) is 5.65 Å². The van der Waals surface area contributed by atoms with E-state index in [2.05, 4.69) is 15.4 Å². The van der Waals surface area contributed by atoms with Gasteiger partial charge < -0.3 is 5.32 Å². The summed E-state index contributed by atoms with van der Waals surface area (Å²) < 4.78 is 1.21. The molecule has 2 N–H and O–H groups in total. The highest BCUT2D eigenvalue weighted by atomic mass is 16.2. The predicted octanol–water partition coefficient (Wildman–Crippen LogP) is 1.79. The number of Topliss-reactive ketones (excluding diaryl/α,β-unsaturated/α-hetero) is 1. The van der Waals surface area contributed by atoms with Crippen LogP contribution in [-0.4, -0.2) is 26.3 Å². The summed E-state index contributed by atoms with van der Waals surface area (Å²) in [6.45, 7) is 3.17. The number of fused-ring (bicyclic) bond motifs is 1. The topological polar surface area (TPSA) is 96.3 Å². The van der Waals surface area contributed by atoms with Gasteiger partial charge in [-0.2, -0.15) is 0 Å². The van der Waals surface area contributed by atoms with Crippen LogP contribution in [0.5, 0.6) is 0 Å². The number of nitrogens with zero attached hydrogens (tertiary/aromatic N) is 2. The smallest absolute Gasteiger partial charge is 0.272 e. The molecule has 0 atom stereocenters. The van der Waals surface area contributed by atoms with Crippen LogP contribution in [0, 0.1) is 6.92 Å². The molecular weight excluding hydrogens is 296 g/mol. The molecule has 0 saturated heterocycles.